The van der Waals surface area contributed by atoms with E-state index in [0.717, 1.165) is 32.1 Å². The first-order chi connectivity index (χ1) is 6.24. The lowest BCUT2D eigenvalue weighted by Crippen LogP contribution is -2.34. The van der Waals surface area contributed by atoms with Crippen LogP contribution >= 0.6 is 0 Å². The summed E-state index contributed by atoms with van der Waals surface area (Å²) in [5.74, 6) is 0.188. The zero-order chi connectivity index (χ0) is 9.68. The van der Waals surface area contributed by atoms with Crippen molar-refractivity contribution in [2.24, 2.45) is 5.92 Å². The van der Waals surface area contributed by atoms with E-state index in [1.54, 1.807) is 0 Å². The Bertz CT molecular complexity index is 191. The van der Waals surface area contributed by atoms with Gasteiger partial charge in [-0.25, -0.2) is 0 Å². The monoisotopic (exact) mass is 183 g/mol. The van der Waals surface area contributed by atoms with E-state index in [0.29, 0.717) is 13.0 Å². The molecule has 3 heteroatoms. The molecule has 0 bridgehead atoms. The number of amides is 1. The molecule has 1 fully saturated rings. The van der Waals surface area contributed by atoms with Crippen molar-refractivity contribution in [3.8, 4) is 0 Å². The van der Waals surface area contributed by atoms with E-state index in [2.05, 4.69) is 0 Å². The van der Waals surface area contributed by atoms with Gasteiger partial charge < -0.3 is 9.69 Å². The summed E-state index contributed by atoms with van der Waals surface area (Å²) in [6, 6.07) is 0. The summed E-state index contributed by atoms with van der Waals surface area (Å²) in [7, 11) is 0. The first-order valence-electron chi connectivity index (χ1n) is 4.97. The summed E-state index contributed by atoms with van der Waals surface area (Å²) < 4.78 is 0. The molecule has 1 rings (SSSR count). The molecule has 1 unspecified atom stereocenters. The number of aldehydes is 1. The van der Waals surface area contributed by atoms with Gasteiger partial charge in [0.05, 0.1) is 0 Å². The first-order valence-corrected chi connectivity index (χ1v) is 4.97. The highest BCUT2D eigenvalue weighted by atomic mass is 16.2. The quantitative estimate of drug-likeness (QED) is 0.617. The first kappa shape index (κ1) is 10.2. The molecule has 0 spiro atoms. The maximum atomic E-state index is 11.5. The van der Waals surface area contributed by atoms with Crippen molar-refractivity contribution in [2.45, 2.75) is 32.6 Å². The lowest BCUT2D eigenvalue weighted by atomic mass is 10.2. The molecule has 1 aliphatic rings. The SMILES string of the molecule is CC(C=O)CN1CCCCCC1=O. The van der Waals surface area contributed by atoms with Crippen molar-refractivity contribution in [3.63, 3.8) is 0 Å². The number of likely N-dealkylation sites (tertiary alicyclic amines) is 1. The molecule has 1 atom stereocenters. The number of hydrogen-bond acceptors (Lipinski definition) is 2. The Labute approximate surface area is 79.1 Å². The van der Waals surface area contributed by atoms with Crippen LogP contribution in [-0.2, 0) is 9.59 Å². The summed E-state index contributed by atoms with van der Waals surface area (Å²) in [4.78, 5) is 23.7. The third-order valence-corrected chi connectivity index (χ3v) is 2.41. The second-order valence-corrected chi connectivity index (χ2v) is 3.76. The highest BCUT2D eigenvalue weighted by Crippen LogP contribution is 2.12. The Morgan fingerprint density at radius 3 is 2.92 bits per heavy atom. The van der Waals surface area contributed by atoms with E-state index in [1.807, 2.05) is 11.8 Å². The normalized spacial score (nSPS) is 21.0. The van der Waals surface area contributed by atoms with Gasteiger partial charge in [0.25, 0.3) is 0 Å². The molecule has 74 valence electrons. The molecule has 3 nitrogen and oxygen atoms in total. The Morgan fingerprint density at radius 1 is 1.46 bits per heavy atom. The average molecular weight is 183 g/mol. The topological polar surface area (TPSA) is 37.4 Å². The van der Waals surface area contributed by atoms with Crippen LogP contribution in [0.25, 0.3) is 0 Å². The molecule has 0 aliphatic carbocycles. The average Bonchev–Trinajstić information content (AvgIpc) is 2.32. The molecule has 1 saturated heterocycles. The minimum atomic E-state index is -0.0259. The van der Waals surface area contributed by atoms with Crippen LogP contribution in [0, 0.1) is 5.92 Å². The molecule has 13 heavy (non-hydrogen) atoms. The highest BCUT2D eigenvalue weighted by molar-refractivity contribution is 5.76. The fourth-order valence-corrected chi connectivity index (χ4v) is 1.62. The zero-order valence-corrected chi connectivity index (χ0v) is 8.16. The largest absolute Gasteiger partial charge is 0.342 e. The van der Waals surface area contributed by atoms with Gasteiger partial charge >= 0.3 is 0 Å². The van der Waals surface area contributed by atoms with Crippen LogP contribution in [0.1, 0.15) is 32.6 Å². The fraction of sp³-hybridized carbons (Fsp3) is 0.800. The Kier molecular flexibility index (Phi) is 3.93. The molecule has 0 aromatic carbocycles. The molecular formula is C10H17NO2. The van der Waals surface area contributed by atoms with Gasteiger partial charge in [-0.05, 0) is 12.8 Å². The Balaban J connectivity index is 2.44. The lowest BCUT2D eigenvalue weighted by molar-refractivity contribution is -0.131. The van der Waals surface area contributed by atoms with Crippen molar-refractivity contribution in [2.75, 3.05) is 13.1 Å². The molecule has 1 aliphatic heterocycles. The summed E-state index contributed by atoms with van der Waals surface area (Å²) in [5.41, 5.74) is 0. The second kappa shape index (κ2) is 5.00. The van der Waals surface area contributed by atoms with E-state index >= 15 is 0 Å². The number of carbonyl (C=O) groups is 2. The third kappa shape index (κ3) is 3.17. The molecule has 0 aromatic heterocycles. The summed E-state index contributed by atoms with van der Waals surface area (Å²) in [6.45, 7) is 3.28. The predicted molar refractivity (Wildman–Crippen MR) is 50.3 cm³/mol. The number of nitrogens with zero attached hydrogens (tertiary/aromatic N) is 1. The van der Waals surface area contributed by atoms with Gasteiger partial charge in [-0.1, -0.05) is 13.3 Å². The summed E-state index contributed by atoms with van der Waals surface area (Å²) in [6.07, 6.45) is 4.80. The smallest absolute Gasteiger partial charge is 0.222 e. The van der Waals surface area contributed by atoms with Gasteiger partial charge in [0.2, 0.25) is 5.91 Å². The van der Waals surface area contributed by atoms with Crippen LogP contribution in [-0.4, -0.2) is 30.2 Å². The fourth-order valence-electron chi connectivity index (χ4n) is 1.62. The Morgan fingerprint density at radius 2 is 2.23 bits per heavy atom. The van der Waals surface area contributed by atoms with Gasteiger partial charge in [0, 0.05) is 25.4 Å². The molecule has 0 N–H and O–H groups in total. The van der Waals surface area contributed by atoms with E-state index in [1.165, 1.54) is 0 Å². The van der Waals surface area contributed by atoms with Gasteiger partial charge in [-0.2, -0.15) is 0 Å². The van der Waals surface area contributed by atoms with Crippen LogP contribution in [0.2, 0.25) is 0 Å². The lowest BCUT2D eigenvalue weighted by Gasteiger charge is -2.21. The van der Waals surface area contributed by atoms with Crippen molar-refractivity contribution >= 4 is 12.2 Å². The van der Waals surface area contributed by atoms with Gasteiger partial charge in [-0.3, -0.25) is 4.79 Å². The van der Waals surface area contributed by atoms with Crippen LogP contribution in [0.4, 0.5) is 0 Å². The number of rotatable bonds is 3. The molecule has 0 aromatic rings. The summed E-state index contributed by atoms with van der Waals surface area (Å²) >= 11 is 0. The van der Waals surface area contributed by atoms with Crippen molar-refractivity contribution in [1.29, 1.82) is 0 Å². The minimum absolute atomic E-state index is 0.0259. The minimum Gasteiger partial charge on any atom is -0.342 e. The maximum absolute atomic E-state index is 11.5. The number of carbonyl (C=O) groups excluding carboxylic acids is 2. The molecule has 0 saturated carbocycles. The maximum Gasteiger partial charge on any atom is 0.222 e. The van der Waals surface area contributed by atoms with E-state index in [9.17, 15) is 9.59 Å². The zero-order valence-electron chi connectivity index (χ0n) is 8.16. The molecule has 0 radical (unpaired) electrons. The van der Waals surface area contributed by atoms with Crippen LogP contribution < -0.4 is 0 Å². The number of hydrogen-bond donors (Lipinski definition) is 0. The molecule has 1 heterocycles. The van der Waals surface area contributed by atoms with Crippen LogP contribution in [0.3, 0.4) is 0 Å². The van der Waals surface area contributed by atoms with E-state index in [4.69, 9.17) is 0 Å². The van der Waals surface area contributed by atoms with Gasteiger partial charge in [0.1, 0.15) is 6.29 Å². The second-order valence-electron chi connectivity index (χ2n) is 3.76. The standard InChI is InChI=1S/C10H17NO2/c1-9(8-12)7-11-6-4-2-3-5-10(11)13/h8-9H,2-7H2,1H3. The third-order valence-electron chi connectivity index (χ3n) is 2.41. The van der Waals surface area contributed by atoms with Gasteiger partial charge in [0.15, 0.2) is 0 Å². The van der Waals surface area contributed by atoms with E-state index in [-0.39, 0.29) is 11.8 Å². The van der Waals surface area contributed by atoms with Crippen molar-refractivity contribution in [3.05, 3.63) is 0 Å². The molecular weight excluding hydrogens is 166 g/mol. The molecule has 1 amide bonds. The van der Waals surface area contributed by atoms with Crippen molar-refractivity contribution in [1.82, 2.24) is 4.90 Å². The van der Waals surface area contributed by atoms with Crippen LogP contribution in [0.15, 0.2) is 0 Å². The van der Waals surface area contributed by atoms with Crippen molar-refractivity contribution < 1.29 is 9.59 Å². The summed E-state index contributed by atoms with van der Waals surface area (Å²) in [5, 5.41) is 0. The van der Waals surface area contributed by atoms with Gasteiger partial charge in [-0.15, -0.1) is 0 Å². The Hall–Kier alpha value is -0.860. The van der Waals surface area contributed by atoms with E-state index < -0.39 is 0 Å². The van der Waals surface area contributed by atoms with Crippen LogP contribution in [0.5, 0.6) is 0 Å². The highest BCUT2D eigenvalue weighted by Gasteiger charge is 2.17. The predicted octanol–water partition coefficient (Wildman–Crippen LogP) is 1.22.